The minimum Gasteiger partial charge on any atom is -0.381 e. The van der Waals surface area contributed by atoms with E-state index in [1.165, 1.54) is 7.11 Å². The third-order valence-electron chi connectivity index (χ3n) is 1.40. The van der Waals surface area contributed by atoms with E-state index < -0.39 is 10.1 Å². The molecule has 10 heavy (non-hydrogen) atoms. The Morgan fingerprint density at radius 3 is 2.50 bits per heavy atom. The summed E-state index contributed by atoms with van der Waals surface area (Å²) in [6.07, 6.45) is 0. The number of rotatable bonds is 3. The van der Waals surface area contributed by atoms with Crippen molar-refractivity contribution in [2.75, 3.05) is 26.1 Å². The lowest BCUT2D eigenvalue weighted by Gasteiger charge is -2.24. The summed E-state index contributed by atoms with van der Waals surface area (Å²) >= 11 is 0. The molecule has 5 heteroatoms. The Morgan fingerprint density at radius 2 is 2.20 bits per heavy atom. The van der Waals surface area contributed by atoms with Crippen LogP contribution in [0.1, 0.15) is 0 Å². The highest BCUT2D eigenvalue weighted by Gasteiger charge is 2.24. The molecule has 0 aromatic carbocycles. The third kappa shape index (κ3) is 1.93. The maximum absolute atomic E-state index is 10.7. The van der Waals surface area contributed by atoms with E-state index >= 15 is 0 Å². The maximum Gasteiger partial charge on any atom is 0.267 e. The highest BCUT2D eigenvalue weighted by Crippen LogP contribution is 2.12. The summed E-state index contributed by atoms with van der Waals surface area (Å²) in [5.74, 6) is 0.230. The second-order valence-electron chi connectivity index (χ2n) is 2.29. The Kier molecular flexibility index (Phi) is 2.28. The molecule has 0 aromatic heterocycles. The van der Waals surface area contributed by atoms with Gasteiger partial charge in [0.05, 0.1) is 26.1 Å². The van der Waals surface area contributed by atoms with Gasteiger partial charge in [-0.3, -0.25) is 4.18 Å². The van der Waals surface area contributed by atoms with Crippen molar-refractivity contribution in [3.05, 3.63) is 0 Å². The second-order valence-corrected chi connectivity index (χ2v) is 4.08. The first-order valence-corrected chi connectivity index (χ1v) is 4.58. The maximum atomic E-state index is 10.7. The Labute approximate surface area is 60.3 Å². The van der Waals surface area contributed by atoms with Gasteiger partial charge in [-0.1, -0.05) is 0 Å². The van der Waals surface area contributed by atoms with Crippen LogP contribution in [-0.2, 0) is 19.0 Å². The molecule has 0 amide bonds. The van der Waals surface area contributed by atoms with E-state index in [4.69, 9.17) is 4.74 Å². The SMILES string of the molecule is COS(=O)(=O)CC1COC1. The molecule has 0 saturated carbocycles. The van der Waals surface area contributed by atoms with Crippen molar-refractivity contribution in [2.24, 2.45) is 5.92 Å². The van der Waals surface area contributed by atoms with Crippen molar-refractivity contribution in [1.82, 2.24) is 0 Å². The third-order valence-corrected chi connectivity index (χ3v) is 2.79. The fourth-order valence-corrected chi connectivity index (χ4v) is 1.64. The van der Waals surface area contributed by atoms with E-state index in [-0.39, 0.29) is 11.7 Å². The van der Waals surface area contributed by atoms with E-state index in [1.54, 1.807) is 0 Å². The lowest BCUT2D eigenvalue weighted by Crippen LogP contribution is -2.34. The van der Waals surface area contributed by atoms with Crippen molar-refractivity contribution < 1.29 is 17.3 Å². The molecule has 1 heterocycles. The molecular formula is C5H10O4S. The van der Waals surface area contributed by atoms with Crippen molar-refractivity contribution in [3.63, 3.8) is 0 Å². The fourth-order valence-electron chi connectivity index (χ4n) is 0.737. The van der Waals surface area contributed by atoms with Crippen LogP contribution in [0.25, 0.3) is 0 Å². The van der Waals surface area contributed by atoms with E-state index in [0.29, 0.717) is 13.2 Å². The smallest absolute Gasteiger partial charge is 0.267 e. The molecule has 1 rings (SSSR count). The summed E-state index contributed by atoms with van der Waals surface area (Å²) < 4.78 is 30.5. The number of ether oxygens (including phenoxy) is 1. The lowest BCUT2D eigenvalue weighted by molar-refractivity contribution is -0.0211. The lowest BCUT2D eigenvalue weighted by atomic mass is 10.1. The molecular weight excluding hydrogens is 156 g/mol. The molecule has 0 unspecified atom stereocenters. The summed E-state index contributed by atoms with van der Waals surface area (Å²) in [6, 6.07) is 0. The highest BCUT2D eigenvalue weighted by atomic mass is 32.2. The van der Waals surface area contributed by atoms with E-state index in [2.05, 4.69) is 4.18 Å². The van der Waals surface area contributed by atoms with Crippen LogP contribution in [0.15, 0.2) is 0 Å². The monoisotopic (exact) mass is 166 g/mol. The Balaban J connectivity index is 2.36. The van der Waals surface area contributed by atoms with E-state index in [1.807, 2.05) is 0 Å². The van der Waals surface area contributed by atoms with Gasteiger partial charge >= 0.3 is 0 Å². The molecule has 0 N–H and O–H groups in total. The van der Waals surface area contributed by atoms with Gasteiger partial charge in [0.1, 0.15) is 0 Å². The van der Waals surface area contributed by atoms with E-state index in [0.717, 1.165) is 0 Å². The predicted molar refractivity (Wildman–Crippen MR) is 35.1 cm³/mol. The number of hydrogen-bond acceptors (Lipinski definition) is 4. The molecule has 0 radical (unpaired) electrons. The first-order valence-electron chi connectivity index (χ1n) is 3.00. The molecule has 4 nitrogen and oxygen atoms in total. The highest BCUT2D eigenvalue weighted by molar-refractivity contribution is 7.86. The standard InChI is InChI=1S/C5H10O4S/c1-8-10(6,7)4-5-2-9-3-5/h5H,2-4H2,1H3. The van der Waals surface area contributed by atoms with Gasteiger partial charge in [-0.2, -0.15) is 8.42 Å². The summed E-state index contributed by atoms with van der Waals surface area (Å²) in [4.78, 5) is 0. The topological polar surface area (TPSA) is 52.6 Å². The molecule has 1 saturated heterocycles. The first-order chi connectivity index (χ1) is 4.64. The zero-order valence-electron chi connectivity index (χ0n) is 5.74. The van der Waals surface area contributed by atoms with Crippen LogP contribution in [0.4, 0.5) is 0 Å². The first kappa shape index (κ1) is 7.97. The van der Waals surface area contributed by atoms with Gasteiger partial charge in [0.25, 0.3) is 10.1 Å². The minimum absolute atomic E-state index is 0.0868. The normalized spacial score (nSPS) is 20.5. The van der Waals surface area contributed by atoms with Crippen molar-refractivity contribution >= 4 is 10.1 Å². The van der Waals surface area contributed by atoms with Gasteiger partial charge in [-0.25, -0.2) is 0 Å². The molecule has 1 aliphatic heterocycles. The van der Waals surface area contributed by atoms with Crippen LogP contribution in [-0.4, -0.2) is 34.5 Å². The van der Waals surface area contributed by atoms with Gasteiger partial charge in [-0.15, -0.1) is 0 Å². The van der Waals surface area contributed by atoms with Crippen molar-refractivity contribution in [1.29, 1.82) is 0 Å². The van der Waals surface area contributed by atoms with Crippen LogP contribution in [0.2, 0.25) is 0 Å². The van der Waals surface area contributed by atoms with Crippen molar-refractivity contribution in [2.45, 2.75) is 0 Å². The molecule has 0 aromatic rings. The molecule has 0 atom stereocenters. The zero-order chi connectivity index (χ0) is 7.61. The van der Waals surface area contributed by atoms with Gasteiger partial charge in [-0.05, 0) is 0 Å². The summed E-state index contributed by atoms with van der Waals surface area (Å²) in [7, 11) is -2.08. The molecule has 1 fully saturated rings. The van der Waals surface area contributed by atoms with Crippen LogP contribution in [0.3, 0.4) is 0 Å². The zero-order valence-corrected chi connectivity index (χ0v) is 6.56. The van der Waals surface area contributed by atoms with Gasteiger partial charge in [0.2, 0.25) is 0 Å². The van der Waals surface area contributed by atoms with Crippen LogP contribution in [0.5, 0.6) is 0 Å². The molecule has 0 bridgehead atoms. The van der Waals surface area contributed by atoms with Gasteiger partial charge in [0.15, 0.2) is 0 Å². The Bertz CT molecular complexity index is 192. The summed E-state index contributed by atoms with van der Waals surface area (Å²) in [6.45, 7) is 1.09. The molecule has 0 spiro atoms. The van der Waals surface area contributed by atoms with Crippen LogP contribution < -0.4 is 0 Å². The average molecular weight is 166 g/mol. The summed E-state index contributed by atoms with van der Waals surface area (Å²) in [5, 5.41) is 0. The van der Waals surface area contributed by atoms with Crippen LogP contribution >= 0.6 is 0 Å². The molecule has 60 valence electrons. The van der Waals surface area contributed by atoms with Crippen LogP contribution in [0, 0.1) is 5.92 Å². The molecule has 0 aliphatic carbocycles. The van der Waals surface area contributed by atoms with E-state index in [9.17, 15) is 8.42 Å². The Hall–Kier alpha value is -0.130. The largest absolute Gasteiger partial charge is 0.381 e. The minimum atomic E-state index is -3.26. The van der Waals surface area contributed by atoms with Gasteiger partial charge < -0.3 is 4.74 Å². The number of hydrogen-bond donors (Lipinski definition) is 0. The Morgan fingerprint density at radius 1 is 1.60 bits per heavy atom. The fraction of sp³-hybridized carbons (Fsp3) is 1.00. The van der Waals surface area contributed by atoms with Gasteiger partial charge in [0, 0.05) is 5.92 Å². The quantitative estimate of drug-likeness (QED) is 0.536. The second kappa shape index (κ2) is 2.86. The predicted octanol–water partition coefficient (Wildman–Crippen LogP) is -0.391. The van der Waals surface area contributed by atoms with Crippen molar-refractivity contribution in [3.8, 4) is 0 Å². The summed E-state index contributed by atoms with van der Waals surface area (Å²) in [5.41, 5.74) is 0. The molecule has 1 aliphatic rings. The average Bonchev–Trinajstić information content (AvgIpc) is 1.80.